The Bertz CT molecular complexity index is 111. The van der Waals surface area contributed by atoms with Crippen LogP contribution in [0.4, 0.5) is 0 Å². The van der Waals surface area contributed by atoms with Crippen molar-refractivity contribution >= 4 is 47.4 Å². The van der Waals surface area contributed by atoms with Crippen LogP contribution < -0.4 is 0 Å². The first kappa shape index (κ1) is 12.6. The van der Waals surface area contributed by atoms with Gasteiger partial charge in [-0.05, 0) is 6.08 Å². The molecule has 58 valence electrons. The zero-order valence-electron chi connectivity index (χ0n) is 4.89. The lowest BCUT2D eigenvalue weighted by Crippen LogP contribution is -2.00. The SMILES string of the molecule is C=CC=O.O=CC(Cl)(Cl)Cl. The molecule has 0 saturated heterocycles. The number of hydrogen-bond acceptors (Lipinski definition) is 2. The Morgan fingerprint density at radius 1 is 1.20 bits per heavy atom. The molecule has 0 heterocycles. The first-order valence-electron chi connectivity index (χ1n) is 2.07. The van der Waals surface area contributed by atoms with Gasteiger partial charge in [0, 0.05) is 0 Å². The van der Waals surface area contributed by atoms with Crippen LogP contribution in [-0.2, 0) is 9.59 Å². The van der Waals surface area contributed by atoms with Crippen molar-refractivity contribution in [3.63, 3.8) is 0 Å². The summed E-state index contributed by atoms with van der Waals surface area (Å²) in [5.74, 6) is 0. The molecule has 0 bridgehead atoms. The van der Waals surface area contributed by atoms with Gasteiger partial charge in [-0.15, -0.1) is 0 Å². The Hall–Kier alpha value is -0.0500. The molecule has 0 atom stereocenters. The second kappa shape index (κ2) is 7.06. The first-order chi connectivity index (χ1) is 4.47. The van der Waals surface area contributed by atoms with Crippen molar-refractivity contribution in [2.24, 2.45) is 0 Å². The first-order valence-corrected chi connectivity index (χ1v) is 3.20. The maximum atomic E-state index is 9.43. The van der Waals surface area contributed by atoms with Crippen molar-refractivity contribution in [2.45, 2.75) is 3.79 Å². The number of alkyl halides is 3. The number of allylic oxidation sites excluding steroid dienone is 1. The van der Waals surface area contributed by atoms with E-state index in [-0.39, 0.29) is 6.29 Å². The van der Waals surface area contributed by atoms with Crippen LogP contribution in [0, 0.1) is 0 Å². The van der Waals surface area contributed by atoms with Crippen LogP contribution in [0.2, 0.25) is 0 Å². The van der Waals surface area contributed by atoms with Crippen LogP contribution in [-0.4, -0.2) is 16.4 Å². The van der Waals surface area contributed by atoms with E-state index in [1.54, 1.807) is 0 Å². The van der Waals surface area contributed by atoms with Crippen LogP contribution in [0.25, 0.3) is 0 Å². The van der Waals surface area contributed by atoms with Crippen molar-refractivity contribution in [1.29, 1.82) is 0 Å². The van der Waals surface area contributed by atoms with Gasteiger partial charge in [0.1, 0.15) is 6.29 Å². The largest absolute Gasteiger partial charge is 0.299 e. The molecule has 0 aromatic heterocycles. The summed E-state index contributed by atoms with van der Waals surface area (Å²) >= 11 is 14.6. The summed E-state index contributed by atoms with van der Waals surface area (Å²) in [5.41, 5.74) is 0. The molecule has 0 N–H and O–H groups in total. The molecule has 0 saturated carbocycles. The fourth-order valence-electron chi connectivity index (χ4n) is 0. The van der Waals surface area contributed by atoms with E-state index in [1.807, 2.05) is 0 Å². The fourth-order valence-corrected chi connectivity index (χ4v) is 0. The van der Waals surface area contributed by atoms with Gasteiger partial charge < -0.3 is 0 Å². The van der Waals surface area contributed by atoms with Crippen LogP contribution in [0.5, 0.6) is 0 Å². The normalized spacial score (nSPS) is 8.70. The molecule has 0 radical (unpaired) electrons. The highest BCUT2D eigenvalue weighted by molar-refractivity contribution is 6.74. The lowest BCUT2D eigenvalue weighted by atomic mass is 10.8. The maximum Gasteiger partial charge on any atom is 0.245 e. The minimum absolute atomic E-state index is 0.234. The van der Waals surface area contributed by atoms with Gasteiger partial charge in [-0.3, -0.25) is 9.59 Å². The Labute approximate surface area is 73.7 Å². The summed E-state index contributed by atoms with van der Waals surface area (Å²) in [4.78, 5) is 18.5. The smallest absolute Gasteiger partial charge is 0.245 e. The van der Waals surface area contributed by atoms with E-state index in [9.17, 15) is 4.79 Å². The van der Waals surface area contributed by atoms with Gasteiger partial charge in [0.15, 0.2) is 6.29 Å². The van der Waals surface area contributed by atoms with Crippen molar-refractivity contribution < 1.29 is 9.59 Å². The molecule has 0 rings (SSSR count). The molecule has 0 aliphatic carbocycles. The van der Waals surface area contributed by atoms with Crippen LogP contribution in [0.3, 0.4) is 0 Å². The van der Waals surface area contributed by atoms with Crippen molar-refractivity contribution in [3.8, 4) is 0 Å². The standard InChI is InChI=1S/C3H4O.C2HCl3O/c1-2-3-4;3-2(4,5)1-6/h2-3H,1H2;1H. The Morgan fingerprint density at radius 3 is 1.40 bits per heavy atom. The number of halogens is 3. The number of aldehydes is 2. The van der Waals surface area contributed by atoms with Gasteiger partial charge in [-0.2, -0.15) is 0 Å². The molecule has 0 amide bonds. The molecule has 5 heteroatoms. The summed E-state index contributed by atoms with van der Waals surface area (Å²) in [6.07, 6.45) is 2.07. The zero-order chi connectivity index (χ0) is 8.62. The van der Waals surface area contributed by atoms with E-state index < -0.39 is 3.79 Å². The lowest BCUT2D eigenvalue weighted by molar-refractivity contribution is -0.107. The van der Waals surface area contributed by atoms with Gasteiger partial charge in [-0.25, -0.2) is 0 Å². The summed E-state index contributed by atoms with van der Waals surface area (Å²) in [6.45, 7) is 3.11. The monoisotopic (exact) mass is 202 g/mol. The molecule has 0 aromatic rings. The highest BCUT2D eigenvalue weighted by atomic mass is 35.6. The highest BCUT2D eigenvalue weighted by Crippen LogP contribution is 2.21. The van der Waals surface area contributed by atoms with Crippen molar-refractivity contribution in [2.75, 3.05) is 0 Å². The van der Waals surface area contributed by atoms with Crippen LogP contribution >= 0.6 is 34.8 Å². The molecule has 0 unspecified atom stereocenters. The number of carbonyl (C=O) groups excluding carboxylic acids is 2. The Morgan fingerprint density at radius 2 is 1.40 bits per heavy atom. The molecule has 0 aliphatic heterocycles. The average Bonchev–Trinajstić information content (AvgIpc) is 1.87. The Kier molecular flexibility index (Phi) is 8.91. The third kappa shape index (κ3) is 24.6. The number of hydrogen-bond donors (Lipinski definition) is 0. The van der Waals surface area contributed by atoms with E-state index in [0.717, 1.165) is 0 Å². The van der Waals surface area contributed by atoms with Crippen molar-refractivity contribution in [3.05, 3.63) is 12.7 Å². The highest BCUT2D eigenvalue weighted by Gasteiger charge is 2.16. The molecule has 0 aliphatic rings. The van der Waals surface area contributed by atoms with E-state index in [4.69, 9.17) is 39.6 Å². The van der Waals surface area contributed by atoms with Crippen molar-refractivity contribution in [1.82, 2.24) is 0 Å². The second-order valence-corrected chi connectivity index (χ2v) is 3.40. The quantitative estimate of drug-likeness (QED) is 0.371. The van der Waals surface area contributed by atoms with Gasteiger partial charge in [0.25, 0.3) is 0 Å². The Balaban J connectivity index is 0. The van der Waals surface area contributed by atoms with E-state index in [0.29, 0.717) is 6.29 Å². The maximum absolute atomic E-state index is 9.43. The van der Waals surface area contributed by atoms with E-state index >= 15 is 0 Å². The minimum Gasteiger partial charge on any atom is -0.299 e. The molecule has 0 aromatic carbocycles. The topological polar surface area (TPSA) is 34.1 Å². The predicted molar refractivity (Wildman–Crippen MR) is 42.6 cm³/mol. The predicted octanol–water partition coefficient (Wildman–Crippen LogP) is 1.93. The summed E-state index contributed by atoms with van der Waals surface area (Å²) in [7, 11) is 0. The third-order valence-corrected chi connectivity index (χ3v) is 0.497. The summed E-state index contributed by atoms with van der Waals surface area (Å²) in [6, 6.07) is 0. The molecule has 0 spiro atoms. The molecule has 2 nitrogen and oxygen atoms in total. The number of carbonyl (C=O) groups is 2. The van der Waals surface area contributed by atoms with Crippen LogP contribution in [0.15, 0.2) is 12.7 Å². The van der Waals surface area contributed by atoms with Crippen LogP contribution in [0.1, 0.15) is 0 Å². The average molecular weight is 203 g/mol. The summed E-state index contributed by atoms with van der Waals surface area (Å²) in [5, 5.41) is 0. The van der Waals surface area contributed by atoms with Gasteiger partial charge in [0.2, 0.25) is 3.79 Å². The minimum atomic E-state index is -1.72. The molecular formula is C5H5Cl3O2. The summed E-state index contributed by atoms with van der Waals surface area (Å²) < 4.78 is -1.72. The number of rotatable bonds is 1. The zero-order valence-corrected chi connectivity index (χ0v) is 7.16. The molecule has 10 heavy (non-hydrogen) atoms. The second-order valence-electron chi connectivity index (χ2n) is 1.03. The molecule has 0 fully saturated rings. The van der Waals surface area contributed by atoms with Gasteiger partial charge in [-0.1, -0.05) is 41.4 Å². The molecular weight excluding hydrogens is 198 g/mol. The van der Waals surface area contributed by atoms with E-state index in [2.05, 4.69) is 6.58 Å². The van der Waals surface area contributed by atoms with Gasteiger partial charge in [0.05, 0.1) is 0 Å². The fraction of sp³-hybridized carbons (Fsp3) is 0.200. The lowest BCUT2D eigenvalue weighted by Gasteiger charge is -1.93. The van der Waals surface area contributed by atoms with E-state index in [1.165, 1.54) is 6.08 Å². The van der Waals surface area contributed by atoms with Gasteiger partial charge >= 0.3 is 0 Å². The third-order valence-electron chi connectivity index (χ3n) is 0.230.